The number of hydrogen-bond acceptors (Lipinski definition) is 4. The van der Waals surface area contributed by atoms with Crippen LogP contribution in [-0.4, -0.2) is 41.0 Å². The first-order chi connectivity index (χ1) is 12.6. The SMILES string of the molecule is CN(c1ccnc(C2CC2)n1)C1CCN(Cc2ccc(Cl)cc2Cl)CC1. The highest BCUT2D eigenvalue weighted by molar-refractivity contribution is 6.35. The second-order valence-electron chi connectivity index (χ2n) is 7.40. The number of benzene rings is 1. The lowest BCUT2D eigenvalue weighted by Gasteiger charge is -2.37. The van der Waals surface area contributed by atoms with Crippen LogP contribution in [0.25, 0.3) is 0 Å². The van der Waals surface area contributed by atoms with E-state index >= 15 is 0 Å². The van der Waals surface area contributed by atoms with Crippen LogP contribution in [-0.2, 0) is 6.54 Å². The van der Waals surface area contributed by atoms with Crippen LogP contribution in [0.3, 0.4) is 0 Å². The first-order valence-electron chi connectivity index (χ1n) is 9.32. The zero-order valence-corrected chi connectivity index (χ0v) is 16.5. The fourth-order valence-electron chi connectivity index (χ4n) is 3.64. The van der Waals surface area contributed by atoms with Gasteiger partial charge in [0.2, 0.25) is 0 Å². The van der Waals surface area contributed by atoms with Crippen LogP contribution in [0.15, 0.2) is 30.5 Å². The lowest BCUT2D eigenvalue weighted by molar-refractivity contribution is 0.203. The van der Waals surface area contributed by atoms with Crippen molar-refractivity contribution in [3.63, 3.8) is 0 Å². The van der Waals surface area contributed by atoms with Gasteiger partial charge in [0.05, 0.1) is 0 Å². The molecular formula is C20H24Cl2N4. The molecule has 2 aromatic rings. The predicted octanol–water partition coefficient (Wildman–Crippen LogP) is 4.76. The first-order valence-corrected chi connectivity index (χ1v) is 10.1. The Labute approximate surface area is 165 Å². The third-order valence-electron chi connectivity index (χ3n) is 5.48. The maximum atomic E-state index is 6.32. The number of hydrogen-bond donors (Lipinski definition) is 0. The van der Waals surface area contributed by atoms with Crippen molar-refractivity contribution in [3.8, 4) is 0 Å². The molecule has 1 aromatic carbocycles. The van der Waals surface area contributed by atoms with Crippen LogP contribution >= 0.6 is 23.2 Å². The molecule has 2 fully saturated rings. The van der Waals surface area contributed by atoms with Crippen LogP contribution in [0.4, 0.5) is 5.82 Å². The molecule has 2 heterocycles. The molecule has 138 valence electrons. The Hall–Kier alpha value is -1.36. The van der Waals surface area contributed by atoms with Gasteiger partial charge in [0.25, 0.3) is 0 Å². The maximum Gasteiger partial charge on any atom is 0.133 e. The van der Waals surface area contributed by atoms with Gasteiger partial charge >= 0.3 is 0 Å². The third-order valence-corrected chi connectivity index (χ3v) is 6.06. The van der Waals surface area contributed by atoms with E-state index in [9.17, 15) is 0 Å². The average molecular weight is 391 g/mol. The molecule has 6 heteroatoms. The minimum Gasteiger partial charge on any atom is -0.356 e. The maximum absolute atomic E-state index is 6.32. The van der Waals surface area contributed by atoms with E-state index in [1.54, 1.807) is 0 Å². The number of piperidine rings is 1. The van der Waals surface area contributed by atoms with Crippen molar-refractivity contribution in [1.29, 1.82) is 0 Å². The Morgan fingerprint density at radius 1 is 1.12 bits per heavy atom. The normalized spacial score (nSPS) is 18.9. The highest BCUT2D eigenvalue weighted by Crippen LogP contribution is 2.38. The lowest BCUT2D eigenvalue weighted by atomic mass is 10.0. The van der Waals surface area contributed by atoms with Crippen molar-refractivity contribution in [1.82, 2.24) is 14.9 Å². The van der Waals surface area contributed by atoms with Crippen molar-refractivity contribution in [3.05, 3.63) is 51.9 Å². The lowest BCUT2D eigenvalue weighted by Crippen LogP contribution is -2.43. The summed E-state index contributed by atoms with van der Waals surface area (Å²) in [7, 11) is 2.16. The summed E-state index contributed by atoms with van der Waals surface area (Å²) in [5.41, 5.74) is 1.15. The molecule has 1 saturated carbocycles. The standard InChI is InChI=1S/C20H24Cl2N4/c1-25(19-6-9-23-20(24-19)14-2-3-14)17-7-10-26(11-8-17)13-15-4-5-16(21)12-18(15)22/h4-6,9,12,14,17H,2-3,7-8,10-11,13H2,1H3. The van der Waals surface area contributed by atoms with E-state index in [4.69, 9.17) is 28.2 Å². The van der Waals surface area contributed by atoms with Crippen LogP contribution in [0.1, 0.15) is 43.0 Å². The fraction of sp³-hybridized carbons (Fsp3) is 0.500. The molecule has 0 radical (unpaired) electrons. The molecule has 0 N–H and O–H groups in total. The highest BCUT2D eigenvalue weighted by Gasteiger charge is 2.28. The Balaban J connectivity index is 1.35. The highest BCUT2D eigenvalue weighted by atomic mass is 35.5. The first kappa shape index (κ1) is 18.0. The molecule has 1 aliphatic heterocycles. The number of nitrogens with zero attached hydrogens (tertiary/aromatic N) is 4. The zero-order chi connectivity index (χ0) is 18.1. The Kier molecular flexibility index (Phi) is 5.35. The molecule has 0 spiro atoms. The molecule has 4 nitrogen and oxygen atoms in total. The summed E-state index contributed by atoms with van der Waals surface area (Å²) in [6, 6.07) is 8.32. The molecule has 0 amide bonds. The summed E-state index contributed by atoms with van der Waals surface area (Å²) in [5, 5.41) is 1.44. The van der Waals surface area contributed by atoms with Gasteiger partial charge in [0, 0.05) is 54.9 Å². The molecule has 0 atom stereocenters. The number of halogens is 2. The largest absolute Gasteiger partial charge is 0.356 e. The van der Waals surface area contributed by atoms with E-state index in [2.05, 4.69) is 21.8 Å². The van der Waals surface area contributed by atoms with Gasteiger partial charge in [-0.15, -0.1) is 0 Å². The second kappa shape index (κ2) is 7.71. The van der Waals surface area contributed by atoms with Crippen LogP contribution < -0.4 is 4.90 Å². The van der Waals surface area contributed by atoms with Gasteiger partial charge in [-0.05, 0) is 49.4 Å². The number of rotatable bonds is 5. The second-order valence-corrected chi connectivity index (χ2v) is 8.24. The summed E-state index contributed by atoms with van der Waals surface area (Å²) in [4.78, 5) is 14.0. The van der Waals surface area contributed by atoms with Crippen molar-refractivity contribution in [2.75, 3.05) is 25.0 Å². The fourth-order valence-corrected chi connectivity index (χ4v) is 4.11. The van der Waals surface area contributed by atoms with Crippen LogP contribution in [0.5, 0.6) is 0 Å². The summed E-state index contributed by atoms with van der Waals surface area (Å²) in [5.74, 6) is 2.67. The molecule has 26 heavy (non-hydrogen) atoms. The van der Waals surface area contributed by atoms with Crippen molar-refractivity contribution >= 4 is 29.0 Å². The van der Waals surface area contributed by atoms with Crippen LogP contribution in [0, 0.1) is 0 Å². The molecule has 0 unspecified atom stereocenters. The Morgan fingerprint density at radius 2 is 1.88 bits per heavy atom. The van der Waals surface area contributed by atoms with Gasteiger partial charge in [-0.1, -0.05) is 29.3 Å². The van der Waals surface area contributed by atoms with Crippen LogP contribution in [0.2, 0.25) is 10.0 Å². The topological polar surface area (TPSA) is 32.3 Å². The van der Waals surface area contributed by atoms with E-state index in [0.29, 0.717) is 17.0 Å². The molecule has 2 aliphatic rings. The molecule has 1 aromatic heterocycles. The molecule has 1 aliphatic carbocycles. The van der Waals surface area contributed by atoms with Gasteiger partial charge in [0.15, 0.2) is 0 Å². The summed E-state index contributed by atoms with van der Waals surface area (Å²) in [6.45, 7) is 3.01. The summed E-state index contributed by atoms with van der Waals surface area (Å²) < 4.78 is 0. The minimum atomic E-state index is 0.522. The minimum absolute atomic E-state index is 0.522. The average Bonchev–Trinajstić information content (AvgIpc) is 3.49. The van der Waals surface area contributed by atoms with Gasteiger partial charge in [-0.3, -0.25) is 4.90 Å². The number of aromatic nitrogens is 2. The van der Waals surface area contributed by atoms with E-state index < -0.39 is 0 Å². The zero-order valence-electron chi connectivity index (χ0n) is 15.0. The predicted molar refractivity (Wildman–Crippen MR) is 107 cm³/mol. The number of likely N-dealkylation sites (tertiary alicyclic amines) is 1. The smallest absolute Gasteiger partial charge is 0.133 e. The van der Waals surface area contributed by atoms with Crippen molar-refractivity contribution < 1.29 is 0 Å². The molecule has 0 bridgehead atoms. The van der Waals surface area contributed by atoms with Gasteiger partial charge in [0.1, 0.15) is 11.6 Å². The van der Waals surface area contributed by atoms with Gasteiger partial charge in [-0.25, -0.2) is 9.97 Å². The monoisotopic (exact) mass is 390 g/mol. The van der Waals surface area contributed by atoms with Crippen molar-refractivity contribution in [2.45, 2.75) is 44.2 Å². The van der Waals surface area contributed by atoms with E-state index in [1.165, 1.54) is 12.8 Å². The van der Waals surface area contributed by atoms with E-state index in [0.717, 1.165) is 54.7 Å². The van der Waals surface area contributed by atoms with E-state index in [1.807, 2.05) is 30.5 Å². The van der Waals surface area contributed by atoms with Crippen molar-refractivity contribution in [2.24, 2.45) is 0 Å². The third kappa shape index (κ3) is 4.13. The van der Waals surface area contributed by atoms with Gasteiger partial charge < -0.3 is 4.90 Å². The summed E-state index contributed by atoms with van der Waals surface area (Å²) in [6.07, 6.45) is 6.64. The quantitative estimate of drug-likeness (QED) is 0.736. The molecular weight excluding hydrogens is 367 g/mol. The molecule has 1 saturated heterocycles. The number of anilines is 1. The Morgan fingerprint density at radius 3 is 2.58 bits per heavy atom. The summed E-state index contributed by atoms with van der Waals surface area (Å²) >= 11 is 12.3. The Bertz CT molecular complexity index is 770. The van der Waals surface area contributed by atoms with E-state index in [-0.39, 0.29) is 0 Å². The van der Waals surface area contributed by atoms with Gasteiger partial charge in [-0.2, -0.15) is 0 Å². The molecule has 4 rings (SSSR count).